The summed E-state index contributed by atoms with van der Waals surface area (Å²) in [4.78, 5) is 0. The molecule has 66 valence electrons. The van der Waals surface area contributed by atoms with Gasteiger partial charge in [0.1, 0.15) is 11.6 Å². The van der Waals surface area contributed by atoms with Crippen LogP contribution in [0.4, 0.5) is 10.3 Å². The maximum Gasteiger partial charge on any atom is 0.190 e. The number of anilines is 1. The molecule has 3 heteroatoms. The van der Waals surface area contributed by atoms with E-state index in [0.29, 0.717) is 11.6 Å². The van der Waals surface area contributed by atoms with Crippen LogP contribution in [0.15, 0.2) is 40.8 Å². The molecule has 0 bridgehead atoms. The van der Waals surface area contributed by atoms with E-state index < -0.39 is 0 Å². The summed E-state index contributed by atoms with van der Waals surface area (Å²) in [6.07, 6.45) is 0. The first-order valence-electron chi connectivity index (χ1n) is 3.87. The van der Waals surface area contributed by atoms with Gasteiger partial charge in [0, 0.05) is 11.6 Å². The fourth-order valence-corrected chi connectivity index (χ4v) is 1.12. The number of nitrogens with two attached hydrogens (primary N) is 1. The highest BCUT2D eigenvalue weighted by Crippen LogP contribution is 2.22. The molecule has 0 radical (unpaired) electrons. The molecule has 0 saturated heterocycles. The van der Waals surface area contributed by atoms with E-state index >= 15 is 0 Å². The Hall–Kier alpha value is -1.77. The van der Waals surface area contributed by atoms with Gasteiger partial charge in [-0.1, -0.05) is 0 Å². The number of hydrogen-bond donors (Lipinski definition) is 1. The van der Waals surface area contributed by atoms with E-state index in [2.05, 4.69) is 0 Å². The summed E-state index contributed by atoms with van der Waals surface area (Å²) in [5.74, 6) is 0.750. The standard InChI is InChI=1S/C10H8FNO/c11-8-3-1-7(2-4-8)9-5-6-10(12)13-9/h1-6H,12H2. The average Bonchev–Trinajstić information content (AvgIpc) is 2.53. The van der Waals surface area contributed by atoms with Crippen molar-refractivity contribution in [1.82, 2.24) is 0 Å². The lowest BCUT2D eigenvalue weighted by Gasteiger charge is -1.95. The van der Waals surface area contributed by atoms with Crippen molar-refractivity contribution < 1.29 is 8.81 Å². The summed E-state index contributed by atoms with van der Waals surface area (Å²) >= 11 is 0. The van der Waals surface area contributed by atoms with E-state index in [0.717, 1.165) is 5.56 Å². The smallest absolute Gasteiger partial charge is 0.190 e. The summed E-state index contributed by atoms with van der Waals surface area (Å²) in [5, 5.41) is 0. The van der Waals surface area contributed by atoms with Crippen LogP contribution in [0.3, 0.4) is 0 Å². The predicted octanol–water partition coefficient (Wildman–Crippen LogP) is 2.67. The molecule has 0 amide bonds. The third-order valence-electron chi connectivity index (χ3n) is 1.76. The summed E-state index contributed by atoms with van der Waals surface area (Å²) in [5.41, 5.74) is 6.22. The first kappa shape index (κ1) is 7.86. The number of halogens is 1. The molecular formula is C10H8FNO. The molecule has 13 heavy (non-hydrogen) atoms. The van der Waals surface area contributed by atoms with Gasteiger partial charge in [-0.3, -0.25) is 0 Å². The number of benzene rings is 1. The van der Waals surface area contributed by atoms with Crippen LogP contribution in [0.25, 0.3) is 11.3 Å². The lowest BCUT2D eigenvalue weighted by Crippen LogP contribution is -1.77. The van der Waals surface area contributed by atoms with Crippen molar-refractivity contribution in [3.8, 4) is 11.3 Å². The van der Waals surface area contributed by atoms with Crippen LogP contribution >= 0.6 is 0 Å². The van der Waals surface area contributed by atoms with Crippen LogP contribution in [0, 0.1) is 5.82 Å². The van der Waals surface area contributed by atoms with Gasteiger partial charge in [0.15, 0.2) is 5.88 Å². The normalized spacial score (nSPS) is 10.2. The summed E-state index contributed by atoms with van der Waals surface area (Å²) in [6, 6.07) is 9.48. The molecule has 0 aliphatic rings. The van der Waals surface area contributed by atoms with Crippen LogP contribution in [-0.2, 0) is 0 Å². The van der Waals surface area contributed by atoms with Gasteiger partial charge in [-0.25, -0.2) is 4.39 Å². The van der Waals surface area contributed by atoms with Crippen LogP contribution in [0.5, 0.6) is 0 Å². The molecule has 1 aromatic carbocycles. The Morgan fingerprint density at radius 1 is 1.00 bits per heavy atom. The van der Waals surface area contributed by atoms with Gasteiger partial charge in [0.05, 0.1) is 0 Å². The molecule has 1 aromatic heterocycles. The highest BCUT2D eigenvalue weighted by molar-refractivity contribution is 5.58. The predicted molar refractivity (Wildman–Crippen MR) is 48.5 cm³/mol. The summed E-state index contributed by atoms with van der Waals surface area (Å²) in [7, 11) is 0. The fraction of sp³-hybridized carbons (Fsp3) is 0. The Balaban J connectivity index is 2.41. The number of nitrogen functional groups attached to an aromatic ring is 1. The second kappa shape index (κ2) is 2.94. The first-order chi connectivity index (χ1) is 6.25. The van der Waals surface area contributed by atoms with Gasteiger partial charge in [0.2, 0.25) is 0 Å². The van der Waals surface area contributed by atoms with Crippen molar-refractivity contribution in [2.75, 3.05) is 5.73 Å². The molecular weight excluding hydrogens is 169 g/mol. The minimum absolute atomic E-state index is 0.261. The van der Waals surface area contributed by atoms with Gasteiger partial charge >= 0.3 is 0 Å². The third-order valence-corrected chi connectivity index (χ3v) is 1.76. The quantitative estimate of drug-likeness (QED) is 0.727. The van der Waals surface area contributed by atoms with E-state index in [1.165, 1.54) is 12.1 Å². The van der Waals surface area contributed by atoms with E-state index in [1.807, 2.05) is 0 Å². The topological polar surface area (TPSA) is 39.2 Å². The Labute approximate surface area is 74.8 Å². The zero-order chi connectivity index (χ0) is 9.26. The Morgan fingerprint density at radius 2 is 1.69 bits per heavy atom. The van der Waals surface area contributed by atoms with Crippen LogP contribution in [0.1, 0.15) is 0 Å². The largest absolute Gasteiger partial charge is 0.441 e. The lowest BCUT2D eigenvalue weighted by atomic mass is 10.2. The van der Waals surface area contributed by atoms with Gasteiger partial charge < -0.3 is 10.2 Å². The number of rotatable bonds is 1. The van der Waals surface area contributed by atoms with Crippen molar-refractivity contribution in [2.24, 2.45) is 0 Å². The second-order valence-electron chi connectivity index (χ2n) is 2.71. The highest BCUT2D eigenvalue weighted by Gasteiger charge is 2.01. The van der Waals surface area contributed by atoms with Gasteiger partial charge in [0.25, 0.3) is 0 Å². The van der Waals surface area contributed by atoms with E-state index in [-0.39, 0.29) is 5.82 Å². The van der Waals surface area contributed by atoms with Gasteiger partial charge in [-0.05, 0) is 30.3 Å². The van der Waals surface area contributed by atoms with Crippen molar-refractivity contribution in [3.63, 3.8) is 0 Å². The number of furan rings is 1. The van der Waals surface area contributed by atoms with Crippen LogP contribution < -0.4 is 5.73 Å². The van der Waals surface area contributed by atoms with Crippen molar-refractivity contribution >= 4 is 5.88 Å². The maximum atomic E-state index is 12.6. The molecule has 0 aliphatic carbocycles. The molecule has 2 aromatic rings. The van der Waals surface area contributed by atoms with Crippen LogP contribution in [0.2, 0.25) is 0 Å². The van der Waals surface area contributed by atoms with Crippen molar-refractivity contribution in [3.05, 3.63) is 42.2 Å². The minimum atomic E-state index is -0.261. The molecule has 0 fully saturated rings. The summed E-state index contributed by atoms with van der Waals surface area (Å²) in [6.45, 7) is 0. The minimum Gasteiger partial charge on any atom is -0.441 e. The van der Waals surface area contributed by atoms with Gasteiger partial charge in [-0.2, -0.15) is 0 Å². The van der Waals surface area contributed by atoms with Crippen molar-refractivity contribution in [2.45, 2.75) is 0 Å². The van der Waals surface area contributed by atoms with Gasteiger partial charge in [-0.15, -0.1) is 0 Å². The third kappa shape index (κ3) is 1.54. The maximum absolute atomic E-state index is 12.6. The molecule has 0 aliphatic heterocycles. The average molecular weight is 177 g/mol. The molecule has 2 nitrogen and oxygen atoms in total. The van der Waals surface area contributed by atoms with Crippen molar-refractivity contribution in [1.29, 1.82) is 0 Å². The van der Waals surface area contributed by atoms with E-state index in [4.69, 9.17) is 10.2 Å². The molecule has 2 N–H and O–H groups in total. The zero-order valence-corrected chi connectivity index (χ0v) is 6.83. The fourth-order valence-electron chi connectivity index (χ4n) is 1.12. The Kier molecular flexibility index (Phi) is 1.77. The molecule has 0 unspecified atom stereocenters. The monoisotopic (exact) mass is 177 g/mol. The van der Waals surface area contributed by atoms with E-state index in [1.54, 1.807) is 24.3 Å². The SMILES string of the molecule is Nc1ccc(-c2ccc(F)cc2)o1. The Bertz CT molecular complexity index is 405. The zero-order valence-electron chi connectivity index (χ0n) is 6.83. The van der Waals surface area contributed by atoms with E-state index in [9.17, 15) is 4.39 Å². The molecule has 2 rings (SSSR count). The second-order valence-corrected chi connectivity index (χ2v) is 2.71. The molecule has 0 spiro atoms. The first-order valence-corrected chi connectivity index (χ1v) is 3.87. The summed E-state index contributed by atoms with van der Waals surface area (Å²) < 4.78 is 17.7. The molecule has 1 heterocycles. The molecule has 0 atom stereocenters. The van der Waals surface area contributed by atoms with Crippen LogP contribution in [-0.4, -0.2) is 0 Å². The highest BCUT2D eigenvalue weighted by atomic mass is 19.1. The number of hydrogen-bond acceptors (Lipinski definition) is 2. The lowest BCUT2D eigenvalue weighted by molar-refractivity contribution is 0.601. The molecule has 0 saturated carbocycles. The Morgan fingerprint density at radius 3 is 2.23 bits per heavy atom.